The molecule has 3 fully saturated rings. The van der Waals surface area contributed by atoms with Crippen LogP contribution in [0.5, 0.6) is 0 Å². The van der Waals surface area contributed by atoms with Crippen LogP contribution in [0.3, 0.4) is 0 Å². The normalized spacial score (nSPS) is 25.1. The van der Waals surface area contributed by atoms with Crippen LogP contribution in [0, 0.1) is 5.92 Å². The zero-order valence-corrected chi connectivity index (χ0v) is 32.0. The van der Waals surface area contributed by atoms with Crippen LogP contribution in [-0.4, -0.2) is 101 Å². The minimum atomic E-state index is -0.488. The van der Waals surface area contributed by atoms with Crippen molar-refractivity contribution in [2.75, 3.05) is 26.3 Å². The summed E-state index contributed by atoms with van der Waals surface area (Å²) in [6, 6.07) is 0. The number of rotatable bonds is 28. The molecule has 9 heteroatoms. The van der Waals surface area contributed by atoms with Gasteiger partial charge in [0, 0.05) is 13.1 Å². The van der Waals surface area contributed by atoms with Gasteiger partial charge in [-0.3, -0.25) is 9.59 Å². The molecule has 3 aliphatic rings. The molecule has 3 heterocycles. The lowest BCUT2D eigenvalue weighted by atomic mass is 9.95. The van der Waals surface area contributed by atoms with Gasteiger partial charge >= 0.3 is 0 Å². The quantitative estimate of drug-likeness (QED) is 0.0566. The number of hydrogen-bond acceptors (Lipinski definition) is 8. The molecule has 0 aliphatic carbocycles. The smallest absolute Gasteiger partial charge is 0.233 e. The minimum absolute atomic E-state index is 0.00587. The number of aliphatic hydroxyl groups excluding tert-OH is 3. The van der Waals surface area contributed by atoms with Gasteiger partial charge in [0.15, 0.2) is 0 Å². The Hall–Kier alpha value is -1.10. The van der Waals surface area contributed by atoms with Crippen LogP contribution < -0.4 is 0 Å². The summed E-state index contributed by atoms with van der Waals surface area (Å²) in [7, 11) is 0. The van der Waals surface area contributed by atoms with Gasteiger partial charge in [0.05, 0.1) is 61.9 Å². The molecular formula is C41H75NO8. The Labute approximate surface area is 304 Å². The van der Waals surface area contributed by atoms with Gasteiger partial charge in [0.25, 0.3) is 0 Å². The Morgan fingerprint density at radius 1 is 0.600 bits per heavy atom. The van der Waals surface area contributed by atoms with E-state index in [0.29, 0.717) is 39.1 Å². The maximum atomic E-state index is 12.7. The summed E-state index contributed by atoms with van der Waals surface area (Å²) in [5, 5.41) is 31.7. The lowest BCUT2D eigenvalue weighted by Crippen LogP contribution is -2.45. The number of amides is 1. The number of aliphatic hydroxyl groups is 3. The summed E-state index contributed by atoms with van der Waals surface area (Å²) >= 11 is 0. The van der Waals surface area contributed by atoms with E-state index in [4.69, 9.17) is 14.2 Å². The second kappa shape index (κ2) is 25.8. The van der Waals surface area contributed by atoms with Crippen LogP contribution in [0.15, 0.2) is 0 Å². The first-order valence-electron chi connectivity index (χ1n) is 21.0. The van der Waals surface area contributed by atoms with E-state index in [1.165, 1.54) is 64.2 Å². The van der Waals surface area contributed by atoms with Gasteiger partial charge in [-0.15, -0.1) is 0 Å². The predicted octanol–water partition coefficient (Wildman–Crippen LogP) is 7.44. The second-order valence-corrected chi connectivity index (χ2v) is 15.7. The van der Waals surface area contributed by atoms with Crippen LogP contribution in [0.25, 0.3) is 0 Å². The third-order valence-corrected chi connectivity index (χ3v) is 11.5. The third kappa shape index (κ3) is 16.7. The predicted molar refractivity (Wildman–Crippen MR) is 198 cm³/mol. The van der Waals surface area contributed by atoms with Crippen LogP contribution >= 0.6 is 0 Å². The minimum Gasteiger partial charge on any atom is -0.393 e. The molecule has 3 rings (SSSR count). The van der Waals surface area contributed by atoms with Crippen molar-refractivity contribution in [1.82, 2.24) is 4.90 Å². The molecule has 3 N–H and O–H groups in total. The van der Waals surface area contributed by atoms with E-state index in [1.807, 2.05) is 0 Å². The van der Waals surface area contributed by atoms with Crippen molar-refractivity contribution in [2.24, 2.45) is 5.92 Å². The fraction of sp³-hybridized carbons (Fsp3) is 0.951. The van der Waals surface area contributed by atoms with Crippen molar-refractivity contribution in [1.29, 1.82) is 0 Å². The van der Waals surface area contributed by atoms with Gasteiger partial charge in [-0.2, -0.15) is 0 Å². The highest BCUT2D eigenvalue weighted by Gasteiger charge is 2.40. The van der Waals surface area contributed by atoms with E-state index < -0.39 is 18.1 Å². The topological polar surface area (TPSA) is 126 Å². The van der Waals surface area contributed by atoms with Gasteiger partial charge in [-0.1, -0.05) is 103 Å². The number of morpholine rings is 1. The van der Waals surface area contributed by atoms with Gasteiger partial charge < -0.3 is 34.4 Å². The number of ketones is 1. The molecule has 0 aromatic rings. The number of nitrogens with zero attached hydrogens (tertiary/aromatic N) is 1. The Morgan fingerprint density at radius 3 is 1.56 bits per heavy atom. The second-order valence-electron chi connectivity index (χ2n) is 15.7. The number of carbonyl (C=O) groups is 2. The lowest BCUT2D eigenvalue weighted by molar-refractivity contribution is -0.144. The number of ether oxygens (including phenoxy) is 3. The van der Waals surface area contributed by atoms with Crippen molar-refractivity contribution in [3.8, 4) is 0 Å². The largest absolute Gasteiger partial charge is 0.393 e. The van der Waals surface area contributed by atoms with Crippen LogP contribution in [0.1, 0.15) is 174 Å². The maximum absolute atomic E-state index is 12.7. The lowest BCUT2D eigenvalue weighted by Gasteiger charge is -2.29. The Kier molecular flexibility index (Phi) is 22.3. The molecular weight excluding hydrogens is 634 g/mol. The van der Waals surface area contributed by atoms with E-state index in [2.05, 4.69) is 6.92 Å². The van der Waals surface area contributed by atoms with E-state index in [9.17, 15) is 24.9 Å². The molecule has 9 nitrogen and oxygen atoms in total. The molecule has 1 unspecified atom stereocenters. The average Bonchev–Trinajstić information content (AvgIpc) is 3.81. The summed E-state index contributed by atoms with van der Waals surface area (Å²) in [5.41, 5.74) is 0. The summed E-state index contributed by atoms with van der Waals surface area (Å²) in [5.74, 6) is -0.501. The highest BCUT2D eigenvalue weighted by molar-refractivity contribution is 6.00. The molecule has 0 bridgehead atoms. The first-order chi connectivity index (χ1) is 24.3. The van der Waals surface area contributed by atoms with Gasteiger partial charge in [0.1, 0.15) is 5.78 Å². The number of Topliss-reactive ketones (excluding diaryl/α,β-unsaturated/α-hetero) is 1. The Bertz CT molecular complexity index is 898. The van der Waals surface area contributed by atoms with Crippen molar-refractivity contribution >= 4 is 11.7 Å². The van der Waals surface area contributed by atoms with Crippen LogP contribution in [0.4, 0.5) is 0 Å². The SMILES string of the molecule is CCCCCC[C@H](O)CCC[C@H](O)[C@H]1CC[C@H]([C@H]2CC[C@H]([C@H](O)CCCCCCCCCCCCCC(C(C)=O)C(=O)N3CCOCC3)O2)O1. The highest BCUT2D eigenvalue weighted by atomic mass is 16.6. The van der Waals surface area contributed by atoms with Crippen molar-refractivity contribution < 1.29 is 39.1 Å². The van der Waals surface area contributed by atoms with Crippen molar-refractivity contribution in [2.45, 2.75) is 217 Å². The fourth-order valence-electron chi connectivity index (χ4n) is 8.17. The summed E-state index contributed by atoms with van der Waals surface area (Å²) in [6.45, 7) is 6.07. The average molecular weight is 710 g/mol. The molecule has 1 amide bonds. The van der Waals surface area contributed by atoms with Crippen LogP contribution in [-0.2, 0) is 23.8 Å². The molecule has 0 saturated carbocycles. The molecule has 0 spiro atoms. The van der Waals surface area contributed by atoms with Crippen LogP contribution in [0.2, 0.25) is 0 Å². The first-order valence-corrected chi connectivity index (χ1v) is 21.0. The monoisotopic (exact) mass is 710 g/mol. The molecule has 8 atom stereocenters. The van der Waals surface area contributed by atoms with E-state index in [-0.39, 0.29) is 42.2 Å². The van der Waals surface area contributed by atoms with Gasteiger partial charge in [-0.25, -0.2) is 0 Å². The molecule has 0 aromatic carbocycles. The molecule has 292 valence electrons. The first kappa shape index (κ1) is 43.3. The zero-order valence-electron chi connectivity index (χ0n) is 32.0. The third-order valence-electron chi connectivity index (χ3n) is 11.5. The number of hydrogen-bond donors (Lipinski definition) is 3. The summed E-state index contributed by atoms with van der Waals surface area (Å²) < 4.78 is 17.9. The maximum Gasteiger partial charge on any atom is 0.233 e. The zero-order chi connectivity index (χ0) is 36.0. The summed E-state index contributed by atoms with van der Waals surface area (Å²) in [4.78, 5) is 26.6. The molecule has 50 heavy (non-hydrogen) atoms. The number of carbonyl (C=O) groups excluding carboxylic acids is 2. The molecule has 3 saturated heterocycles. The standard InChI is InChI=1S/C41H75NO8/c1-3-4-5-15-19-33(44)20-18-23-36(46)38-25-27-40(50-38)39-26-24-37(49-39)35(45)22-17-14-12-10-8-6-7-9-11-13-16-21-34(32(2)43)41(47)42-28-30-48-31-29-42/h33-40,44-46H,3-31H2,1-2H3/t33-,34?,35+,36-,37+,38+,39+,40+/m0/s1. The van der Waals surface area contributed by atoms with Crippen molar-refractivity contribution in [3.05, 3.63) is 0 Å². The van der Waals surface area contributed by atoms with E-state index in [0.717, 1.165) is 83.5 Å². The van der Waals surface area contributed by atoms with E-state index >= 15 is 0 Å². The van der Waals surface area contributed by atoms with Gasteiger partial charge in [0.2, 0.25) is 5.91 Å². The molecule has 3 aliphatic heterocycles. The van der Waals surface area contributed by atoms with E-state index in [1.54, 1.807) is 11.8 Å². The Balaban J connectivity index is 1.12. The fourth-order valence-corrected chi connectivity index (χ4v) is 8.17. The highest BCUT2D eigenvalue weighted by Crippen LogP contribution is 2.34. The van der Waals surface area contributed by atoms with Gasteiger partial charge in [-0.05, 0) is 71.1 Å². The Morgan fingerprint density at radius 2 is 1.04 bits per heavy atom. The molecule has 0 aromatic heterocycles. The summed E-state index contributed by atoms with van der Waals surface area (Å²) in [6.07, 6.45) is 24.2. The van der Waals surface area contributed by atoms with Crippen molar-refractivity contribution in [3.63, 3.8) is 0 Å². The molecule has 0 radical (unpaired) electrons. The number of unbranched alkanes of at least 4 members (excludes halogenated alkanes) is 13.